The maximum atomic E-state index is 12.2. The molecule has 0 bridgehead atoms. The molecule has 0 saturated heterocycles. The van der Waals surface area contributed by atoms with Crippen LogP contribution in [-0.2, 0) is 9.53 Å². The Labute approximate surface area is 124 Å². The van der Waals surface area contributed by atoms with Crippen molar-refractivity contribution < 1.29 is 14.6 Å². The Kier molecular flexibility index (Phi) is 3.82. The number of carbonyl (C=O) groups is 1. The van der Waals surface area contributed by atoms with E-state index in [1.54, 1.807) is 6.08 Å². The third kappa shape index (κ3) is 2.73. The maximum absolute atomic E-state index is 12.2. The molecule has 3 nitrogen and oxygen atoms in total. The number of ether oxygens (including phenoxy) is 1. The van der Waals surface area contributed by atoms with Gasteiger partial charge in [-0.05, 0) is 36.8 Å². The molecule has 1 aliphatic carbocycles. The van der Waals surface area contributed by atoms with E-state index in [1.807, 2.05) is 37.3 Å². The van der Waals surface area contributed by atoms with E-state index < -0.39 is 5.97 Å². The zero-order chi connectivity index (χ0) is 14.8. The van der Waals surface area contributed by atoms with Crippen LogP contribution in [-0.4, -0.2) is 11.1 Å². The molecule has 0 amide bonds. The quantitative estimate of drug-likeness (QED) is 0.823. The Morgan fingerprint density at radius 3 is 2.67 bits per heavy atom. The number of rotatable bonds is 5. The van der Waals surface area contributed by atoms with Crippen LogP contribution < -0.4 is 0 Å². The van der Waals surface area contributed by atoms with E-state index in [-0.39, 0.29) is 11.7 Å². The number of aliphatic hydroxyl groups is 1. The first-order chi connectivity index (χ1) is 10.2. The molecule has 1 saturated carbocycles. The summed E-state index contributed by atoms with van der Waals surface area (Å²) in [4.78, 5) is 12.2. The first-order valence-electron chi connectivity index (χ1n) is 7.63. The van der Waals surface area contributed by atoms with E-state index in [0.717, 1.165) is 31.2 Å². The van der Waals surface area contributed by atoms with Crippen molar-refractivity contribution in [3.8, 4) is 0 Å². The molecule has 1 fully saturated rings. The highest BCUT2D eigenvalue weighted by atomic mass is 16.6. The third-order valence-corrected chi connectivity index (χ3v) is 4.09. The predicted molar refractivity (Wildman–Crippen MR) is 80.6 cm³/mol. The third-order valence-electron chi connectivity index (χ3n) is 4.09. The topological polar surface area (TPSA) is 46.5 Å². The predicted octanol–water partition coefficient (Wildman–Crippen LogP) is 4.23. The molecule has 1 aliphatic heterocycles. The highest BCUT2D eigenvalue weighted by Gasteiger charge is 2.43. The van der Waals surface area contributed by atoms with Crippen molar-refractivity contribution in [1.29, 1.82) is 0 Å². The van der Waals surface area contributed by atoms with Gasteiger partial charge in [0, 0.05) is 5.92 Å². The van der Waals surface area contributed by atoms with Gasteiger partial charge in [0.2, 0.25) is 0 Å². The van der Waals surface area contributed by atoms with Crippen LogP contribution in [0.5, 0.6) is 0 Å². The standard InChI is InChI=1S/C18H20O3/c1-2-3-9-14-17(19)16(18(20)21-14)15(13-10-11-13)12-7-5-4-6-8-12/h4-9,13,15,19H,2-3,10-11H2,1H3/b14-9-. The van der Waals surface area contributed by atoms with Gasteiger partial charge in [0.05, 0.1) is 5.57 Å². The largest absolute Gasteiger partial charge is 0.504 e. The van der Waals surface area contributed by atoms with E-state index in [2.05, 4.69) is 0 Å². The Bertz CT molecular complexity index is 594. The van der Waals surface area contributed by atoms with Gasteiger partial charge in [0.1, 0.15) is 0 Å². The van der Waals surface area contributed by atoms with E-state index in [9.17, 15) is 9.90 Å². The van der Waals surface area contributed by atoms with Crippen LogP contribution in [0.4, 0.5) is 0 Å². The normalized spacial score (nSPS) is 21.8. The number of carbonyl (C=O) groups excluding carboxylic acids is 1. The summed E-state index contributed by atoms with van der Waals surface area (Å²) < 4.78 is 5.27. The second kappa shape index (κ2) is 5.76. The van der Waals surface area contributed by atoms with Crippen LogP contribution in [0.1, 0.15) is 44.1 Å². The van der Waals surface area contributed by atoms with Gasteiger partial charge < -0.3 is 9.84 Å². The molecule has 3 rings (SSSR count). The lowest BCUT2D eigenvalue weighted by molar-refractivity contribution is -0.133. The summed E-state index contributed by atoms with van der Waals surface area (Å²) in [7, 11) is 0. The summed E-state index contributed by atoms with van der Waals surface area (Å²) in [5, 5.41) is 10.4. The van der Waals surface area contributed by atoms with Crippen LogP contribution in [0.15, 0.2) is 53.5 Å². The van der Waals surface area contributed by atoms with Crippen molar-refractivity contribution in [2.24, 2.45) is 5.92 Å². The first-order valence-corrected chi connectivity index (χ1v) is 7.63. The Hall–Kier alpha value is -2.03. The average Bonchev–Trinajstić information content (AvgIpc) is 3.29. The second-order valence-electron chi connectivity index (χ2n) is 5.73. The average molecular weight is 284 g/mol. The number of esters is 1. The van der Waals surface area contributed by atoms with Crippen molar-refractivity contribution >= 4 is 5.97 Å². The van der Waals surface area contributed by atoms with Crippen LogP contribution in [0, 0.1) is 5.92 Å². The molecule has 0 aromatic heterocycles. The SMILES string of the molecule is CCC/C=C1\OC(=O)C(C(c2ccccc2)C2CC2)=C1O. The molecule has 1 heterocycles. The minimum absolute atomic E-state index is 0.0363. The zero-order valence-electron chi connectivity index (χ0n) is 12.2. The lowest BCUT2D eigenvalue weighted by atomic mass is 9.86. The molecule has 1 aromatic carbocycles. The lowest BCUT2D eigenvalue weighted by Crippen LogP contribution is -2.12. The monoisotopic (exact) mass is 284 g/mol. The van der Waals surface area contributed by atoms with Crippen LogP contribution in [0.2, 0.25) is 0 Å². The number of aliphatic hydroxyl groups excluding tert-OH is 1. The van der Waals surface area contributed by atoms with Crippen molar-refractivity contribution in [2.75, 3.05) is 0 Å². The van der Waals surface area contributed by atoms with Gasteiger partial charge in [0.25, 0.3) is 0 Å². The first kappa shape index (κ1) is 13.9. The molecule has 0 radical (unpaired) electrons. The van der Waals surface area contributed by atoms with Crippen molar-refractivity contribution in [3.05, 3.63) is 59.1 Å². The smallest absolute Gasteiger partial charge is 0.344 e. The van der Waals surface area contributed by atoms with Gasteiger partial charge in [-0.3, -0.25) is 0 Å². The molecule has 1 unspecified atom stereocenters. The van der Waals surface area contributed by atoms with Gasteiger partial charge in [-0.1, -0.05) is 43.7 Å². The number of hydrogen-bond donors (Lipinski definition) is 1. The fourth-order valence-electron chi connectivity index (χ4n) is 2.89. The van der Waals surface area contributed by atoms with Crippen molar-refractivity contribution in [3.63, 3.8) is 0 Å². The van der Waals surface area contributed by atoms with Crippen LogP contribution in [0.25, 0.3) is 0 Å². The fraction of sp³-hybridized carbons (Fsp3) is 0.389. The molecule has 2 aliphatic rings. The lowest BCUT2D eigenvalue weighted by Gasteiger charge is -2.16. The zero-order valence-corrected chi connectivity index (χ0v) is 12.2. The number of allylic oxidation sites excluding steroid dienone is 1. The van der Waals surface area contributed by atoms with Gasteiger partial charge in [-0.15, -0.1) is 0 Å². The molecule has 1 N–H and O–H groups in total. The molecule has 110 valence electrons. The van der Waals surface area contributed by atoms with Crippen LogP contribution >= 0.6 is 0 Å². The molecular weight excluding hydrogens is 264 g/mol. The molecule has 1 atom stereocenters. The Morgan fingerprint density at radius 1 is 1.33 bits per heavy atom. The van der Waals surface area contributed by atoms with Crippen molar-refractivity contribution in [1.82, 2.24) is 0 Å². The molecule has 0 spiro atoms. The Balaban J connectivity index is 1.99. The molecular formula is C18H20O3. The summed E-state index contributed by atoms with van der Waals surface area (Å²) >= 11 is 0. The molecule has 3 heteroatoms. The van der Waals surface area contributed by atoms with Crippen LogP contribution in [0.3, 0.4) is 0 Å². The highest BCUT2D eigenvalue weighted by molar-refractivity contribution is 5.95. The van der Waals surface area contributed by atoms with Gasteiger partial charge >= 0.3 is 5.97 Å². The number of hydrogen-bond acceptors (Lipinski definition) is 3. The summed E-state index contributed by atoms with van der Waals surface area (Å²) in [5.74, 6) is 0.358. The van der Waals surface area contributed by atoms with Gasteiger partial charge in [0.15, 0.2) is 11.5 Å². The fourth-order valence-corrected chi connectivity index (χ4v) is 2.89. The number of unbranched alkanes of at least 4 members (excludes halogenated alkanes) is 1. The summed E-state index contributed by atoms with van der Waals surface area (Å²) in [5.41, 5.74) is 1.52. The Morgan fingerprint density at radius 2 is 2.05 bits per heavy atom. The summed E-state index contributed by atoms with van der Waals surface area (Å²) in [6.07, 6.45) is 5.73. The summed E-state index contributed by atoms with van der Waals surface area (Å²) in [6.45, 7) is 2.05. The minimum atomic E-state index is -0.393. The van der Waals surface area contributed by atoms with Gasteiger partial charge in [-0.2, -0.15) is 0 Å². The minimum Gasteiger partial charge on any atom is -0.504 e. The van der Waals surface area contributed by atoms with E-state index >= 15 is 0 Å². The number of benzene rings is 1. The maximum Gasteiger partial charge on any atom is 0.344 e. The second-order valence-corrected chi connectivity index (χ2v) is 5.73. The van der Waals surface area contributed by atoms with Gasteiger partial charge in [-0.25, -0.2) is 4.79 Å². The van der Waals surface area contributed by atoms with E-state index in [4.69, 9.17) is 4.74 Å². The van der Waals surface area contributed by atoms with E-state index in [0.29, 0.717) is 17.3 Å². The number of cyclic esters (lactones) is 1. The molecule has 21 heavy (non-hydrogen) atoms. The summed E-state index contributed by atoms with van der Waals surface area (Å²) in [6, 6.07) is 9.93. The van der Waals surface area contributed by atoms with E-state index in [1.165, 1.54) is 0 Å². The molecule has 1 aromatic rings. The van der Waals surface area contributed by atoms with Crippen molar-refractivity contribution in [2.45, 2.75) is 38.5 Å². The highest BCUT2D eigenvalue weighted by Crippen LogP contribution is 2.49.